The number of rotatable bonds is 5. The van der Waals surface area contributed by atoms with Crippen molar-refractivity contribution in [3.8, 4) is 0 Å². The molecule has 0 aromatic heterocycles. The highest BCUT2D eigenvalue weighted by Crippen LogP contribution is 2.31. The lowest BCUT2D eigenvalue weighted by Gasteiger charge is -2.36. The number of anilines is 2. The predicted octanol–water partition coefficient (Wildman–Crippen LogP) is 5.12. The van der Waals surface area contributed by atoms with Gasteiger partial charge in [0.1, 0.15) is 5.02 Å². The standard InChI is InChI=1S/C24H20Cl2N4O4/c25-19-8-6-17(14-22(19)30(33)34)23(31)27-18-7-9-21(20(26)15-18)28-10-12-29(13-11-28)24(32)16-4-2-1-3-5-16/h1-9,14-15H,10-13H2,(H,27,31). The van der Waals surface area contributed by atoms with E-state index >= 15 is 0 Å². The first-order valence-electron chi connectivity index (χ1n) is 10.5. The van der Waals surface area contributed by atoms with Gasteiger partial charge in [-0.05, 0) is 42.5 Å². The molecule has 2 amide bonds. The third-order valence-electron chi connectivity index (χ3n) is 5.54. The molecule has 10 heteroatoms. The van der Waals surface area contributed by atoms with Crippen LogP contribution in [0.4, 0.5) is 17.1 Å². The highest BCUT2D eigenvalue weighted by Gasteiger charge is 2.23. The van der Waals surface area contributed by atoms with Crippen molar-refractivity contribution >= 4 is 52.1 Å². The summed E-state index contributed by atoms with van der Waals surface area (Å²) in [6.45, 7) is 2.38. The van der Waals surface area contributed by atoms with Crippen molar-refractivity contribution in [2.45, 2.75) is 0 Å². The average Bonchev–Trinajstić information content (AvgIpc) is 2.84. The van der Waals surface area contributed by atoms with E-state index in [1.54, 1.807) is 30.3 Å². The molecule has 0 unspecified atom stereocenters. The van der Waals surface area contributed by atoms with Gasteiger partial charge in [0.25, 0.3) is 17.5 Å². The lowest BCUT2D eigenvalue weighted by molar-refractivity contribution is -0.384. The van der Waals surface area contributed by atoms with Crippen molar-refractivity contribution < 1.29 is 14.5 Å². The van der Waals surface area contributed by atoms with Crippen LogP contribution in [-0.4, -0.2) is 47.8 Å². The van der Waals surface area contributed by atoms with Gasteiger partial charge in [-0.25, -0.2) is 0 Å². The number of nitro benzene ring substituents is 1. The first kappa shape index (κ1) is 23.5. The summed E-state index contributed by atoms with van der Waals surface area (Å²) in [5.74, 6) is -0.511. The number of nitro groups is 1. The van der Waals surface area contributed by atoms with E-state index in [4.69, 9.17) is 23.2 Å². The molecule has 3 aromatic carbocycles. The molecule has 1 heterocycles. The first-order valence-corrected chi connectivity index (χ1v) is 11.2. The first-order chi connectivity index (χ1) is 16.3. The number of hydrogen-bond donors (Lipinski definition) is 1. The van der Waals surface area contributed by atoms with Crippen LogP contribution in [0, 0.1) is 10.1 Å². The van der Waals surface area contributed by atoms with Gasteiger partial charge in [-0.1, -0.05) is 41.4 Å². The molecule has 1 fully saturated rings. The Balaban J connectivity index is 1.40. The number of carbonyl (C=O) groups excluding carboxylic acids is 2. The minimum atomic E-state index is -0.641. The molecular formula is C24H20Cl2N4O4. The maximum atomic E-state index is 12.6. The van der Waals surface area contributed by atoms with Gasteiger partial charge in [0, 0.05) is 49.1 Å². The number of amides is 2. The van der Waals surface area contributed by atoms with Gasteiger partial charge < -0.3 is 15.1 Å². The predicted molar refractivity (Wildman–Crippen MR) is 132 cm³/mol. The summed E-state index contributed by atoms with van der Waals surface area (Å²) in [5.41, 5.74) is 1.69. The van der Waals surface area contributed by atoms with Crippen LogP contribution in [0.3, 0.4) is 0 Å². The molecular weight excluding hydrogens is 479 g/mol. The van der Waals surface area contributed by atoms with Crippen molar-refractivity contribution in [1.29, 1.82) is 0 Å². The van der Waals surface area contributed by atoms with Gasteiger partial charge in [-0.3, -0.25) is 19.7 Å². The number of benzene rings is 3. The van der Waals surface area contributed by atoms with E-state index in [9.17, 15) is 19.7 Å². The summed E-state index contributed by atoms with van der Waals surface area (Å²) in [5, 5.41) is 14.2. The van der Waals surface area contributed by atoms with Crippen molar-refractivity contribution in [1.82, 2.24) is 4.90 Å². The number of hydrogen-bond acceptors (Lipinski definition) is 5. The van der Waals surface area contributed by atoms with Crippen molar-refractivity contribution in [2.75, 3.05) is 36.4 Å². The fourth-order valence-electron chi connectivity index (χ4n) is 3.75. The molecule has 1 aliphatic heterocycles. The molecule has 0 bridgehead atoms. The van der Waals surface area contributed by atoms with E-state index in [0.29, 0.717) is 42.5 Å². The van der Waals surface area contributed by atoms with Crippen molar-refractivity contribution in [3.05, 3.63) is 98.0 Å². The maximum absolute atomic E-state index is 12.6. The van der Waals surface area contributed by atoms with Gasteiger partial charge in [-0.15, -0.1) is 0 Å². The third-order valence-corrected chi connectivity index (χ3v) is 6.16. The molecule has 8 nitrogen and oxygen atoms in total. The summed E-state index contributed by atoms with van der Waals surface area (Å²) in [4.78, 5) is 39.5. The second-order valence-corrected chi connectivity index (χ2v) is 8.50. The number of carbonyl (C=O) groups is 2. The molecule has 174 valence electrons. The fraction of sp³-hybridized carbons (Fsp3) is 0.167. The topological polar surface area (TPSA) is 95.8 Å². The summed E-state index contributed by atoms with van der Waals surface area (Å²) in [6.07, 6.45) is 0. The molecule has 1 N–H and O–H groups in total. The van der Waals surface area contributed by atoms with Crippen LogP contribution >= 0.6 is 23.2 Å². The number of piperazine rings is 1. The summed E-state index contributed by atoms with van der Waals surface area (Å²) < 4.78 is 0. The second kappa shape index (κ2) is 10.1. The van der Waals surface area contributed by atoms with Gasteiger partial charge in [0.2, 0.25) is 0 Å². The highest BCUT2D eigenvalue weighted by molar-refractivity contribution is 6.34. The van der Waals surface area contributed by atoms with Gasteiger partial charge in [-0.2, -0.15) is 0 Å². The minimum Gasteiger partial charge on any atom is -0.367 e. The Labute approximate surface area is 205 Å². The Morgan fingerprint density at radius 1 is 0.853 bits per heavy atom. The summed E-state index contributed by atoms with van der Waals surface area (Å²) in [7, 11) is 0. The Morgan fingerprint density at radius 3 is 2.21 bits per heavy atom. The van der Waals surface area contributed by atoms with Gasteiger partial charge in [0.05, 0.1) is 15.6 Å². The quantitative estimate of drug-likeness (QED) is 0.389. The van der Waals surface area contributed by atoms with Crippen LogP contribution in [0.2, 0.25) is 10.0 Å². The summed E-state index contributed by atoms with van der Waals surface area (Å²) in [6, 6.07) is 18.2. The van der Waals surface area contributed by atoms with Crippen LogP contribution < -0.4 is 10.2 Å². The van der Waals surface area contributed by atoms with E-state index in [-0.39, 0.29) is 22.2 Å². The zero-order chi connectivity index (χ0) is 24.2. The third kappa shape index (κ3) is 5.13. The smallest absolute Gasteiger partial charge is 0.288 e. The van der Waals surface area contributed by atoms with Crippen LogP contribution in [0.15, 0.2) is 66.7 Å². The molecule has 34 heavy (non-hydrogen) atoms. The van der Waals surface area contributed by atoms with E-state index in [1.165, 1.54) is 12.1 Å². The Morgan fingerprint density at radius 2 is 1.56 bits per heavy atom. The lowest BCUT2D eigenvalue weighted by atomic mass is 10.1. The molecule has 0 aliphatic carbocycles. The normalized spacial score (nSPS) is 13.5. The zero-order valence-electron chi connectivity index (χ0n) is 17.9. The van der Waals surface area contributed by atoms with E-state index < -0.39 is 10.8 Å². The molecule has 0 saturated carbocycles. The lowest BCUT2D eigenvalue weighted by Crippen LogP contribution is -2.48. The van der Waals surface area contributed by atoms with Gasteiger partial charge in [0.15, 0.2) is 0 Å². The molecule has 0 radical (unpaired) electrons. The SMILES string of the molecule is O=C(Nc1ccc(N2CCN(C(=O)c3ccccc3)CC2)c(Cl)c1)c1ccc(Cl)c([N+](=O)[O-])c1. The second-order valence-electron chi connectivity index (χ2n) is 7.69. The Bertz CT molecular complexity index is 1240. The maximum Gasteiger partial charge on any atom is 0.288 e. The number of nitrogens with one attached hydrogen (secondary N) is 1. The molecule has 4 rings (SSSR count). The zero-order valence-corrected chi connectivity index (χ0v) is 19.4. The van der Waals surface area contributed by atoms with Gasteiger partial charge >= 0.3 is 0 Å². The fourth-order valence-corrected chi connectivity index (χ4v) is 4.24. The van der Waals surface area contributed by atoms with Crippen LogP contribution in [0.5, 0.6) is 0 Å². The molecule has 0 spiro atoms. The highest BCUT2D eigenvalue weighted by atomic mass is 35.5. The van der Waals surface area contributed by atoms with Crippen LogP contribution in [0.1, 0.15) is 20.7 Å². The van der Waals surface area contributed by atoms with E-state index in [0.717, 1.165) is 11.8 Å². The van der Waals surface area contributed by atoms with Crippen molar-refractivity contribution in [3.63, 3.8) is 0 Å². The monoisotopic (exact) mass is 498 g/mol. The molecule has 1 saturated heterocycles. The van der Waals surface area contributed by atoms with E-state index in [1.807, 2.05) is 23.1 Å². The minimum absolute atomic E-state index is 0.00634. The van der Waals surface area contributed by atoms with Crippen molar-refractivity contribution in [2.24, 2.45) is 0 Å². The Kier molecular flexibility index (Phi) is 7.00. The van der Waals surface area contributed by atoms with Crippen LogP contribution in [-0.2, 0) is 0 Å². The average molecular weight is 499 g/mol. The molecule has 0 atom stereocenters. The number of halogens is 2. The molecule has 1 aliphatic rings. The Hall–Kier alpha value is -3.62. The number of nitrogens with zero attached hydrogens (tertiary/aromatic N) is 3. The summed E-state index contributed by atoms with van der Waals surface area (Å²) >= 11 is 12.3. The van der Waals surface area contributed by atoms with E-state index in [2.05, 4.69) is 10.2 Å². The largest absolute Gasteiger partial charge is 0.367 e. The van der Waals surface area contributed by atoms with Crippen LogP contribution in [0.25, 0.3) is 0 Å². The molecule has 3 aromatic rings.